The fraction of sp³-hybridized carbons (Fsp3) is 0.308. The molecule has 3 amide bonds. The van der Waals surface area contributed by atoms with Gasteiger partial charge in [0, 0.05) is 29.8 Å². The number of rotatable bonds is 1. The molecule has 0 saturated carbocycles. The van der Waals surface area contributed by atoms with Gasteiger partial charge >= 0.3 is 0 Å². The summed E-state index contributed by atoms with van der Waals surface area (Å²) in [6, 6.07) is 0.351. The number of amides is 3. The minimum absolute atomic E-state index is 0.0978. The van der Waals surface area contributed by atoms with Crippen LogP contribution in [-0.2, 0) is 16.1 Å². The Morgan fingerprint density at radius 3 is 2.95 bits per heavy atom. The molecule has 1 unspecified atom stereocenters. The maximum absolute atomic E-state index is 12.4. The maximum atomic E-state index is 12.4. The van der Waals surface area contributed by atoms with E-state index < -0.39 is 11.9 Å². The van der Waals surface area contributed by atoms with Crippen LogP contribution in [0.4, 0.5) is 5.69 Å². The number of carbonyl (C=O) groups excluding carboxylic acids is 3. The van der Waals surface area contributed by atoms with Crippen molar-refractivity contribution in [2.75, 3.05) is 5.73 Å². The molecular weight excluding hydrogens is 246 g/mol. The number of nitrogen functional groups attached to an aromatic ring is 1. The predicted molar refractivity (Wildman–Crippen MR) is 66.9 cm³/mol. The highest BCUT2D eigenvalue weighted by Crippen LogP contribution is 2.30. The molecule has 3 N–H and O–H groups in total. The van der Waals surface area contributed by atoms with Gasteiger partial charge in [-0.3, -0.25) is 19.7 Å². The maximum Gasteiger partial charge on any atom is 0.255 e. The highest BCUT2D eigenvalue weighted by Gasteiger charge is 2.39. The molecular formula is C13H13N3O3. The molecule has 6 heteroatoms. The minimum atomic E-state index is -0.717. The average Bonchev–Trinajstić information content (AvgIpc) is 2.74. The van der Waals surface area contributed by atoms with Gasteiger partial charge in [-0.2, -0.15) is 0 Å². The summed E-state index contributed by atoms with van der Waals surface area (Å²) in [7, 11) is 0. The third-order valence-corrected chi connectivity index (χ3v) is 3.48. The van der Waals surface area contributed by atoms with E-state index in [9.17, 15) is 14.4 Å². The van der Waals surface area contributed by atoms with E-state index in [0.717, 1.165) is 0 Å². The molecule has 6 nitrogen and oxygen atoms in total. The lowest BCUT2D eigenvalue weighted by Gasteiger charge is -2.29. The van der Waals surface area contributed by atoms with Crippen LogP contribution in [0.3, 0.4) is 0 Å². The summed E-state index contributed by atoms with van der Waals surface area (Å²) in [5, 5.41) is 2.21. The van der Waals surface area contributed by atoms with Crippen LogP contribution < -0.4 is 11.1 Å². The number of fused-ring (bicyclic) bond motifs is 1. The van der Waals surface area contributed by atoms with Crippen molar-refractivity contribution < 1.29 is 17.1 Å². The lowest BCUT2D eigenvalue weighted by Crippen LogP contribution is -2.52. The number of anilines is 1. The van der Waals surface area contributed by atoms with Crippen LogP contribution in [0.2, 0.25) is 0 Å². The monoisotopic (exact) mass is 261 g/mol. The standard InChI is InChI=1S/C13H13N3O3/c14-9-3-1-2-7-8(9)6-16(13(7)19)10-4-5-11(17)15-12(10)18/h1-3,10H,4-6,14H2,(H,15,17,18)/i1D,3D. The lowest BCUT2D eigenvalue weighted by atomic mass is 10.0. The van der Waals surface area contributed by atoms with Gasteiger partial charge in [0.25, 0.3) is 5.91 Å². The van der Waals surface area contributed by atoms with Crippen LogP contribution in [0.1, 0.15) is 31.5 Å². The van der Waals surface area contributed by atoms with Gasteiger partial charge in [-0.1, -0.05) is 6.04 Å². The first kappa shape index (κ1) is 9.55. The first-order chi connectivity index (χ1) is 9.90. The Hall–Kier alpha value is -2.37. The van der Waals surface area contributed by atoms with E-state index in [-0.39, 0.29) is 54.5 Å². The van der Waals surface area contributed by atoms with Crippen molar-refractivity contribution in [1.82, 2.24) is 10.2 Å². The number of hydrogen-bond acceptors (Lipinski definition) is 4. The first-order valence-electron chi connectivity index (χ1n) is 6.93. The van der Waals surface area contributed by atoms with Crippen LogP contribution in [-0.4, -0.2) is 28.7 Å². The number of carbonyl (C=O) groups is 3. The van der Waals surface area contributed by atoms with E-state index >= 15 is 0 Å². The highest BCUT2D eigenvalue weighted by atomic mass is 16.2. The number of hydrogen-bond donors (Lipinski definition) is 2. The molecule has 98 valence electrons. The van der Waals surface area contributed by atoms with E-state index in [1.165, 1.54) is 11.0 Å². The molecule has 0 radical (unpaired) electrons. The number of benzene rings is 1. The lowest BCUT2D eigenvalue weighted by molar-refractivity contribution is -0.136. The van der Waals surface area contributed by atoms with Gasteiger partial charge in [-0.15, -0.1) is 0 Å². The molecule has 2 aliphatic rings. The molecule has 0 bridgehead atoms. The molecule has 0 spiro atoms. The molecule has 1 fully saturated rings. The summed E-state index contributed by atoms with van der Waals surface area (Å²) in [6.07, 6.45) is 0.450. The number of nitrogens with zero attached hydrogens (tertiary/aromatic N) is 1. The average molecular weight is 261 g/mol. The van der Waals surface area contributed by atoms with Crippen molar-refractivity contribution >= 4 is 23.4 Å². The SMILES string of the molecule is [2H]c1cc2c(c(N)c1[2H])CN(C1CCC(=O)NC1=O)C2=O. The van der Waals surface area contributed by atoms with Crippen molar-refractivity contribution in [3.63, 3.8) is 0 Å². The van der Waals surface area contributed by atoms with Gasteiger partial charge in [0.15, 0.2) is 0 Å². The summed E-state index contributed by atoms with van der Waals surface area (Å²) in [5.74, 6) is -1.23. The molecule has 0 aliphatic carbocycles. The molecule has 1 saturated heterocycles. The van der Waals surface area contributed by atoms with Crippen LogP contribution >= 0.6 is 0 Å². The molecule has 2 heterocycles. The summed E-state index contributed by atoms with van der Waals surface area (Å²) in [6.45, 7) is 0.123. The molecule has 2 aliphatic heterocycles. The van der Waals surface area contributed by atoms with Crippen molar-refractivity contribution in [2.24, 2.45) is 0 Å². The zero-order valence-electron chi connectivity index (χ0n) is 12.0. The summed E-state index contributed by atoms with van der Waals surface area (Å²) in [4.78, 5) is 36.8. The molecule has 1 aromatic rings. The minimum Gasteiger partial charge on any atom is -0.398 e. The number of nitrogens with two attached hydrogens (primary N) is 1. The Bertz CT molecular complexity index is 690. The Kier molecular flexibility index (Phi) is 2.05. The van der Waals surface area contributed by atoms with E-state index in [2.05, 4.69) is 5.32 Å². The summed E-state index contributed by atoms with van der Waals surface area (Å²) in [5.41, 5.74) is 6.64. The topological polar surface area (TPSA) is 92.5 Å². The van der Waals surface area contributed by atoms with Gasteiger partial charge in [-0.05, 0) is 18.5 Å². The molecule has 1 aromatic carbocycles. The summed E-state index contributed by atoms with van der Waals surface area (Å²) >= 11 is 0. The Labute approximate surface area is 112 Å². The van der Waals surface area contributed by atoms with Crippen molar-refractivity contribution in [2.45, 2.75) is 25.4 Å². The van der Waals surface area contributed by atoms with Gasteiger partial charge in [-0.25, -0.2) is 0 Å². The smallest absolute Gasteiger partial charge is 0.255 e. The highest BCUT2D eigenvalue weighted by molar-refractivity contribution is 6.06. The summed E-state index contributed by atoms with van der Waals surface area (Å²) < 4.78 is 15.3. The Balaban J connectivity index is 1.96. The second-order valence-electron chi connectivity index (χ2n) is 4.62. The van der Waals surface area contributed by atoms with Crippen molar-refractivity contribution in [1.29, 1.82) is 0 Å². The zero-order valence-corrected chi connectivity index (χ0v) is 10.0. The van der Waals surface area contributed by atoms with E-state index in [1.54, 1.807) is 0 Å². The van der Waals surface area contributed by atoms with Crippen LogP contribution in [0, 0.1) is 0 Å². The number of piperidine rings is 1. The van der Waals surface area contributed by atoms with E-state index in [0.29, 0.717) is 5.56 Å². The third kappa shape index (κ3) is 1.76. The van der Waals surface area contributed by atoms with E-state index in [1.807, 2.05) is 0 Å². The van der Waals surface area contributed by atoms with Crippen molar-refractivity contribution in [3.8, 4) is 0 Å². The zero-order chi connectivity index (χ0) is 15.3. The fourth-order valence-corrected chi connectivity index (χ4v) is 2.48. The molecule has 19 heavy (non-hydrogen) atoms. The largest absolute Gasteiger partial charge is 0.398 e. The predicted octanol–water partition coefficient (Wildman–Crippen LogP) is 0.0298. The quantitative estimate of drug-likeness (QED) is 0.551. The number of imide groups is 1. The number of nitrogens with one attached hydrogen (secondary N) is 1. The molecule has 1 atom stereocenters. The van der Waals surface area contributed by atoms with Crippen LogP contribution in [0.5, 0.6) is 0 Å². The fourth-order valence-electron chi connectivity index (χ4n) is 2.48. The van der Waals surface area contributed by atoms with E-state index in [4.69, 9.17) is 8.48 Å². The van der Waals surface area contributed by atoms with Gasteiger partial charge < -0.3 is 10.6 Å². The third-order valence-electron chi connectivity index (χ3n) is 3.48. The second-order valence-corrected chi connectivity index (χ2v) is 4.62. The van der Waals surface area contributed by atoms with Gasteiger partial charge in [0.2, 0.25) is 11.8 Å². The normalized spacial score (nSPS) is 23.9. The van der Waals surface area contributed by atoms with Gasteiger partial charge in [0.1, 0.15) is 6.04 Å². The Morgan fingerprint density at radius 1 is 1.42 bits per heavy atom. The van der Waals surface area contributed by atoms with Crippen LogP contribution in [0.15, 0.2) is 18.2 Å². The van der Waals surface area contributed by atoms with Crippen LogP contribution in [0.25, 0.3) is 0 Å². The first-order valence-corrected chi connectivity index (χ1v) is 5.93. The van der Waals surface area contributed by atoms with Crippen molar-refractivity contribution in [3.05, 3.63) is 29.3 Å². The van der Waals surface area contributed by atoms with Gasteiger partial charge in [0.05, 0.1) is 2.74 Å². The molecule has 3 rings (SSSR count). The Morgan fingerprint density at radius 2 is 2.21 bits per heavy atom. The molecule has 0 aromatic heterocycles. The second kappa shape index (κ2) is 4.08.